The largest absolute Gasteiger partial charge is 0.385 e. The first kappa shape index (κ1) is 17.0. The second kappa shape index (κ2) is 5.66. The van der Waals surface area contributed by atoms with Gasteiger partial charge in [0.1, 0.15) is 5.66 Å². The monoisotopic (exact) mass is 313 g/mol. The van der Waals surface area contributed by atoms with Gasteiger partial charge in [0.15, 0.2) is 0 Å². The van der Waals surface area contributed by atoms with Crippen LogP contribution in [-0.4, -0.2) is 39.2 Å². The molecule has 2 aliphatic rings. The van der Waals surface area contributed by atoms with Crippen LogP contribution in [0, 0.1) is 0 Å². The van der Waals surface area contributed by atoms with E-state index < -0.39 is 18.8 Å². The summed E-state index contributed by atoms with van der Waals surface area (Å²) in [5, 5.41) is 10.9. The number of hydrogen-bond acceptors (Lipinski definition) is 3. The van der Waals surface area contributed by atoms with E-state index in [1.54, 1.807) is 12.2 Å². The molecule has 0 spiro atoms. The van der Waals surface area contributed by atoms with Crippen LogP contribution < -0.4 is 0 Å². The molecule has 1 fully saturated rings. The van der Waals surface area contributed by atoms with Crippen LogP contribution in [0.25, 0.3) is 0 Å². The van der Waals surface area contributed by atoms with Crippen molar-refractivity contribution in [2.24, 2.45) is 0 Å². The normalized spacial score (nSPS) is 39.4. The summed E-state index contributed by atoms with van der Waals surface area (Å²) in [7, 11) is -3.21. The Hall–Kier alpha value is -0.410. The van der Waals surface area contributed by atoms with Gasteiger partial charge in [-0.1, -0.05) is 18.2 Å². The molecule has 120 valence electrons. The molecule has 0 aromatic heterocycles. The van der Waals surface area contributed by atoms with Gasteiger partial charge in [0.05, 0.1) is 11.7 Å². The number of nitrogens with zero attached hydrogens (tertiary/aromatic N) is 1. The van der Waals surface area contributed by atoms with Crippen molar-refractivity contribution < 1.29 is 14.2 Å². The average molecular weight is 313 g/mol. The van der Waals surface area contributed by atoms with E-state index in [4.69, 9.17) is 4.52 Å². The third-order valence-corrected chi connectivity index (χ3v) is 7.89. The van der Waals surface area contributed by atoms with Crippen LogP contribution in [0.1, 0.15) is 47.0 Å². The lowest BCUT2D eigenvalue weighted by molar-refractivity contribution is 0.0603. The molecule has 0 amide bonds. The highest BCUT2D eigenvalue weighted by atomic mass is 31.2. The Balaban J connectivity index is 2.45. The molecule has 4 atom stereocenters. The van der Waals surface area contributed by atoms with E-state index >= 15 is 0 Å². The summed E-state index contributed by atoms with van der Waals surface area (Å²) in [4.78, 5) is 0. The Morgan fingerprint density at radius 1 is 1.57 bits per heavy atom. The van der Waals surface area contributed by atoms with Crippen molar-refractivity contribution in [1.82, 2.24) is 4.67 Å². The van der Waals surface area contributed by atoms with Crippen molar-refractivity contribution in [2.45, 2.75) is 69.9 Å². The van der Waals surface area contributed by atoms with Gasteiger partial charge in [0.2, 0.25) is 0 Å². The molecule has 21 heavy (non-hydrogen) atoms. The minimum absolute atomic E-state index is 0.0640. The lowest BCUT2D eigenvalue weighted by Gasteiger charge is -2.49. The molecule has 1 aliphatic heterocycles. The maximum atomic E-state index is 13.8. The molecule has 0 saturated carbocycles. The van der Waals surface area contributed by atoms with E-state index in [1.807, 2.05) is 38.4 Å². The van der Waals surface area contributed by atoms with Crippen molar-refractivity contribution >= 4 is 7.52 Å². The fourth-order valence-electron chi connectivity index (χ4n) is 3.33. The highest BCUT2D eigenvalue weighted by Gasteiger charge is 2.54. The first-order chi connectivity index (χ1) is 9.63. The van der Waals surface area contributed by atoms with Crippen LogP contribution in [0.4, 0.5) is 0 Å². The SMILES string of the molecule is C=CC(C1(O)C=CCC1)P1(=O)O[C@@H](C)CCN1C(C)(C)C. The molecule has 0 aromatic carbocycles. The fourth-order valence-corrected chi connectivity index (χ4v) is 6.78. The summed E-state index contributed by atoms with van der Waals surface area (Å²) in [6.07, 6.45) is 7.48. The van der Waals surface area contributed by atoms with Crippen LogP contribution in [0.5, 0.6) is 0 Å². The Bertz CT molecular complexity index is 482. The third-order valence-electron chi connectivity index (χ3n) is 4.39. The fraction of sp³-hybridized carbons (Fsp3) is 0.750. The van der Waals surface area contributed by atoms with E-state index in [2.05, 4.69) is 6.58 Å². The van der Waals surface area contributed by atoms with E-state index in [1.165, 1.54) is 0 Å². The molecule has 2 rings (SSSR count). The number of rotatable bonds is 3. The van der Waals surface area contributed by atoms with Gasteiger partial charge in [0.25, 0.3) is 7.52 Å². The van der Waals surface area contributed by atoms with Gasteiger partial charge in [-0.2, -0.15) is 0 Å². The number of aliphatic hydroxyl groups is 1. The summed E-state index contributed by atoms with van der Waals surface area (Å²) >= 11 is 0. The minimum Gasteiger partial charge on any atom is -0.385 e. The molecular weight excluding hydrogens is 285 g/mol. The Morgan fingerprint density at radius 2 is 2.24 bits per heavy atom. The molecule has 1 heterocycles. The molecule has 1 N–H and O–H groups in total. The van der Waals surface area contributed by atoms with Crippen LogP contribution >= 0.6 is 7.52 Å². The lowest BCUT2D eigenvalue weighted by atomic mass is 9.99. The van der Waals surface area contributed by atoms with Crippen molar-refractivity contribution in [3.8, 4) is 0 Å². The molecule has 0 aromatic rings. The van der Waals surface area contributed by atoms with Gasteiger partial charge in [0, 0.05) is 12.1 Å². The minimum atomic E-state index is -3.21. The van der Waals surface area contributed by atoms with Gasteiger partial charge in [-0.25, -0.2) is 4.67 Å². The molecule has 0 radical (unpaired) electrons. The maximum Gasteiger partial charge on any atom is 0.283 e. The van der Waals surface area contributed by atoms with Crippen molar-refractivity contribution in [1.29, 1.82) is 0 Å². The summed E-state index contributed by atoms with van der Waals surface area (Å²) in [5.74, 6) is 0. The summed E-state index contributed by atoms with van der Waals surface area (Å²) in [6.45, 7) is 12.6. The van der Waals surface area contributed by atoms with E-state index in [9.17, 15) is 9.67 Å². The van der Waals surface area contributed by atoms with E-state index in [0.29, 0.717) is 13.0 Å². The molecule has 3 unspecified atom stereocenters. The zero-order valence-corrected chi connectivity index (χ0v) is 14.5. The highest BCUT2D eigenvalue weighted by Crippen LogP contribution is 2.65. The predicted molar refractivity (Wildman–Crippen MR) is 86.5 cm³/mol. The molecular formula is C16H28NO3P. The first-order valence-electron chi connectivity index (χ1n) is 7.72. The van der Waals surface area contributed by atoms with Crippen molar-refractivity contribution in [2.75, 3.05) is 6.54 Å². The summed E-state index contributed by atoms with van der Waals surface area (Å²) in [5.41, 5.74) is -1.99. The topological polar surface area (TPSA) is 49.8 Å². The zero-order valence-electron chi connectivity index (χ0n) is 13.6. The second-order valence-corrected chi connectivity index (χ2v) is 9.55. The van der Waals surface area contributed by atoms with Gasteiger partial charge >= 0.3 is 0 Å². The van der Waals surface area contributed by atoms with E-state index in [0.717, 1.165) is 12.8 Å². The summed E-state index contributed by atoms with van der Waals surface area (Å²) < 4.78 is 21.7. The van der Waals surface area contributed by atoms with Gasteiger partial charge in [-0.15, -0.1) is 6.58 Å². The van der Waals surface area contributed by atoms with Crippen molar-refractivity contribution in [3.63, 3.8) is 0 Å². The molecule has 1 saturated heterocycles. The second-order valence-electron chi connectivity index (χ2n) is 7.18. The van der Waals surface area contributed by atoms with Gasteiger partial charge in [-0.05, 0) is 47.0 Å². The lowest BCUT2D eigenvalue weighted by Crippen LogP contribution is -2.50. The van der Waals surface area contributed by atoms with Crippen LogP contribution in [-0.2, 0) is 9.09 Å². The molecule has 0 bridgehead atoms. The zero-order chi connectivity index (χ0) is 15.9. The smallest absolute Gasteiger partial charge is 0.283 e. The third kappa shape index (κ3) is 3.05. The number of allylic oxidation sites excluding steroid dienone is 1. The van der Waals surface area contributed by atoms with Crippen LogP contribution in [0.15, 0.2) is 24.8 Å². The van der Waals surface area contributed by atoms with Gasteiger partial charge < -0.3 is 9.63 Å². The summed E-state index contributed by atoms with van der Waals surface area (Å²) in [6, 6.07) is 0. The first-order valence-corrected chi connectivity index (χ1v) is 9.37. The molecule has 5 heteroatoms. The Labute approximate surface area is 128 Å². The van der Waals surface area contributed by atoms with Crippen molar-refractivity contribution in [3.05, 3.63) is 24.8 Å². The van der Waals surface area contributed by atoms with Crippen LogP contribution in [0.2, 0.25) is 0 Å². The van der Waals surface area contributed by atoms with Crippen LogP contribution in [0.3, 0.4) is 0 Å². The Morgan fingerprint density at radius 3 is 2.71 bits per heavy atom. The standard InChI is InChI=1S/C16H28NO3P/c1-6-14(16(18)10-7-8-11-16)21(19)17(15(3,4)5)12-9-13(2)20-21/h6-7,10,13-14,18H,1,8-9,11-12H2,2-5H3/t13-,14?,16?,21?/m0/s1. The Kier molecular flexibility index (Phi) is 4.57. The molecule has 1 aliphatic carbocycles. The predicted octanol–water partition coefficient (Wildman–Crippen LogP) is 3.72. The maximum absolute atomic E-state index is 13.8. The molecule has 4 nitrogen and oxygen atoms in total. The van der Waals surface area contributed by atoms with E-state index in [-0.39, 0.29) is 11.6 Å². The number of hydrogen-bond donors (Lipinski definition) is 1. The van der Waals surface area contributed by atoms with Gasteiger partial charge in [-0.3, -0.25) is 4.57 Å². The quantitative estimate of drug-likeness (QED) is 0.637. The average Bonchev–Trinajstić information content (AvgIpc) is 2.74. The highest BCUT2D eigenvalue weighted by molar-refractivity contribution is 7.57.